The number of hydrogen-bond donors (Lipinski definition) is 2. The van der Waals surface area contributed by atoms with Crippen LogP contribution in [-0.2, 0) is 0 Å². The molecule has 52 valence electrons. The molecule has 0 heterocycles. The maximum Gasteiger partial charge on any atom is 0.106 e. The molecule has 3 N–H and O–H groups in total. The van der Waals surface area contributed by atoms with Crippen LogP contribution in [-0.4, -0.2) is 5.54 Å². The predicted molar refractivity (Wildman–Crippen MR) is 28.3 cm³/mol. The van der Waals surface area contributed by atoms with Gasteiger partial charge in [0, 0.05) is 0 Å². The summed E-state index contributed by atoms with van der Waals surface area (Å²) >= 11 is 0. The highest BCUT2D eigenvalue weighted by atomic mass is 127. The maximum atomic E-state index is 10.2. The molecule has 0 saturated heterocycles. The zero-order chi connectivity index (χ0) is 6.08. The molecule has 0 rings (SSSR count). The van der Waals surface area contributed by atoms with E-state index in [0.29, 0.717) is 0 Å². The van der Waals surface area contributed by atoms with Gasteiger partial charge in [-0.2, -0.15) is 5.84 Å². The third kappa shape index (κ3) is 4.76. The van der Waals surface area contributed by atoms with Gasteiger partial charge in [-0.15, -0.1) is 0 Å². The quantitative estimate of drug-likeness (QED) is 0.254. The molecule has 0 amide bonds. The minimum Gasteiger partial charge on any atom is -1.00 e. The van der Waals surface area contributed by atoms with Crippen molar-refractivity contribution >= 4 is 0 Å². The lowest BCUT2D eigenvalue weighted by Gasteiger charge is -2.29. The third-order valence-corrected chi connectivity index (χ3v) is 0.739. The number of halogens is 1. The lowest BCUT2D eigenvalue weighted by atomic mass is 10.1. The van der Waals surface area contributed by atoms with Crippen LogP contribution in [0.4, 0.5) is 0 Å². The summed E-state index contributed by atoms with van der Waals surface area (Å²) in [5.74, 6) is 4.93. The second-order valence-electron chi connectivity index (χ2n) is 2.61. The lowest BCUT2D eigenvalue weighted by molar-refractivity contribution is -0.910. The Morgan fingerprint density at radius 1 is 1.38 bits per heavy atom. The van der Waals surface area contributed by atoms with Crippen LogP contribution in [0.1, 0.15) is 20.8 Å². The molecule has 1 atom stereocenters. The van der Waals surface area contributed by atoms with Gasteiger partial charge in [0.2, 0.25) is 0 Å². The third-order valence-electron chi connectivity index (χ3n) is 0.739. The first kappa shape index (κ1) is 11.4. The van der Waals surface area contributed by atoms with E-state index in [-0.39, 0.29) is 34.7 Å². The summed E-state index contributed by atoms with van der Waals surface area (Å²) < 4.78 is 0. The van der Waals surface area contributed by atoms with Gasteiger partial charge in [-0.05, 0) is 20.8 Å². The highest BCUT2D eigenvalue weighted by Gasteiger charge is 2.13. The summed E-state index contributed by atoms with van der Waals surface area (Å²) in [6, 6.07) is 0. The molecule has 0 radical (unpaired) electrons. The van der Waals surface area contributed by atoms with E-state index in [1.54, 1.807) is 20.8 Å². The fourth-order valence-corrected chi connectivity index (χ4v) is 0. The molecule has 0 spiro atoms. The van der Waals surface area contributed by atoms with Crippen LogP contribution in [0.5, 0.6) is 0 Å². The Bertz CT molecular complexity index is 59.5. The number of nitrogens with two attached hydrogens (primary N) is 1. The van der Waals surface area contributed by atoms with Crippen molar-refractivity contribution in [1.82, 2.24) is 0 Å². The molecule has 0 aromatic carbocycles. The SMILES string of the molecule is CC(C)(C)[NH+](N)[O-].[I-]. The van der Waals surface area contributed by atoms with Crippen LogP contribution in [0.25, 0.3) is 0 Å². The highest BCUT2D eigenvalue weighted by molar-refractivity contribution is 4.53. The van der Waals surface area contributed by atoms with Crippen molar-refractivity contribution < 1.29 is 29.1 Å². The van der Waals surface area contributed by atoms with Crippen LogP contribution in [0, 0.1) is 5.21 Å². The van der Waals surface area contributed by atoms with Crippen LogP contribution in [0.2, 0.25) is 0 Å². The van der Waals surface area contributed by atoms with Crippen LogP contribution >= 0.6 is 0 Å². The molecule has 0 aromatic heterocycles. The Morgan fingerprint density at radius 2 is 1.50 bits per heavy atom. The van der Waals surface area contributed by atoms with Crippen molar-refractivity contribution in [1.29, 1.82) is 0 Å². The summed E-state index contributed by atoms with van der Waals surface area (Å²) in [7, 11) is 0. The van der Waals surface area contributed by atoms with Gasteiger partial charge in [0.05, 0.1) is 0 Å². The number of rotatable bonds is 0. The van der Waals surface area contributed by atoms with Crippen LogP contribution in [0.15, 0.2) is 0 Å². The maximum absolute atomic E-state index is 10.2. The van der Waals surface area contributed by atoms with Crippen molar-refractivity contribution in [3.63, 3.8) is 0 Å². The zero-order valence-corrected chi connectivity index (χ0v) is 7.52. The van der Waals surface area contributed by atoms with Crippen LogP contribution < -0.4 is 35.0 Å². The van der Waals surface area contributed by atoms with E-state index in [1.165, 1.54) is 0 Å². The van der Waals surface area contributed by atoms with Gasteiger partial charge < -0.3 is 29.2 Å². The summed E-state index contributed by atoms with van der Waals surface area (Å²) in [4.78, 5) is 0. The molecule has 0 bridgehead atoms. The summed E-state index contributed by atoms with van der Waals surface area (Å²) in [6.45, 7) is 5.36. The van der Waals surface area contributed by atoms with Crippen molar-refractivity contribution in [2.24, 2.45) is 5.84 Å². The second kappa shape index (κ2) is 3.60. The van der Waals surface area contributed by atoms with Gasteiger partial charge in [-0.25, -0.2) is 0 Å². The Kier molecular flexibility index (Phi) is 5.14. The number of quaternary nitrogens is 1. The Balaban J connectivity index is 0. The largest absolute Gasteiger partial charge is 1.00 e. The minimum absolute atomic E-state index is 0. The number of nitrogens with one attached hydrogen (secondary N) is 1. The smallest absolute Gasteiger partial charge is 0.106 e. The number of hydroxylamine groups is 1. The van der Waals surface area contributed by atoms with Gasteiger partial charge in [-0.3, -0.25) is 5.17 Å². The molecule has 4 heteroatoms. The van der Waals surface area contributed by atoms with Crippen LogP contribution in [0.3, 0.4) is 0 Å². The van der Waals surface area contributed by atoms with Crippen molar-refractivity contribution in [2.45, 2.75) is 26.3 Å². The van der Waals surface area contributed by atoms with E-state index in [0.717, 1.165) is 0 Å². The van der Waals surface area contributed by atoms with Gasteiger partial charge in [0.25, 0.3) is 0 Å². The normalized spacial score (nSPS) is 14.6. The zero-order valence-electron chi connectivity index (χ0n) is 5.36. The van der Waals surface area contributed by atoms with E-state index in [4.69, 9.17) is 5.84 Å². The second-order valence-corrected chi connectivity index (χ2v) is 2.61. The molecule has 0 aliphatic carbocycles. The Morgan fingerprint density at radius 3 is 1.50 bits per heavy atom. The number of hydrogen-bond acceptors (Lipinski definition) is 2. The molecule has 0 aliphatic rings. The molecule has 0 aliphatic heterocycles. The summed E-state index contributed by atoms with van der Waals surface area (Å²) in [5, 5.41) is 9.99. The molecular weight excluding hydrogens is 219 g/mol. The summed E-state index contributed by atoms with van der Waals surface area (Å²) in [5.41, 5.74) is -0.361. The first-order valence-electron chi connectivity index (χ1n) is 2.24. The minimum atomic E-state index is -0.361. The van der Waals surface area contributed by atoms with Gasteiger partial charge >= 0.3 is 0 Å². The molecule has 0 saturated carbocycles. The molecular formula is C4H12IN2O-. The molecule has 0 fully saturated rings. The molecule has 8 heavy (non-hydrogen) atoms. The van der Waals surface area contributed by atoms with E-state index in [1.807, 2.05) is 0 Å². The molecule has 0 aromatic rings. The van der Waals surface area contributed by atoms with Crippen molar-refractivity contribution in [3.8, 4) is 0 Å². The van der Waals surface area contributed by atoms with Gasteiger partial charge in [0.1, 0.15) is 5.54 Å². The Hall–Kier alpha value is 0.610. The van der Waals surface area contributed by atoms with E-state index >= 15 is 0 Å². The highest BCUT2D eigenvalue weighted by Crippen LogP contribution is 1.87. The molecule has 1 unspecified atom stereocenters. The molecule has 3 nitrogen and oxygen atoms in total. The lowest BCUT2D eigenvalue weighted by Crippen LogP contribution is -3.20. The van der Waals surface area contributed by atoms with Gasteiger partial charge in [0.15, 0.2) is 0 Å². The predicted octanol–water partition coefficient (Wildman–Crippen LogP) is -3.95. The fraction of sp³-hybridized carbons (Fsp3) is 1.00. The summed E-state index contributed by atoms with van der Waals surface area (Å²) in [6.07, 6.45) is 0. The standard InChI is InChI=1S/C4H12N2O.HI/c1-4(2,3)6(5)7;/h6H,5H2,1-3H3;1H/p-1. The topological polar surface area (TPSA) is 53.5 Å². The fourth-order valence-electron chi connectivity index (χ4n) is 0. The Labute approximate surface area is 66.8 Å². The van der Waals surface area contributed by atoms with E-state index < -0.39 is 0 Å². The first-order valence-corrected chi connectivity index (χ1v) is 2.24. The van der Waals surface area contributed by atoms with Gasteiger partial charge in [-0.1, -0.05) is 0 Å². The average Bonchev–Trinajstić information content (AvgIpc) is 1.31. The van der Waals surface area contributed by atoms with Crippen molar-refractivity contribution in [3.05, 3.63) is 5.21 Å². The monoisotopic (exact) mass is 231 g/mol. The van der Waals surface area contributed by atoms with Crippen molar-refractivity contribution in [2.75, 3.05) is 0 Å². The van der Waals surface area contributed by atoms with E-state index in [9.17, 15) is 5.21 Å². The first-order chi connectivity index (χ1) is 2.94. The van der Waals surface area contributed by atoms with E-state index in [2.05, 4.69) is 0 Å². The average molecular weight is 231 g/mol.